The van der Waals surface area contributed by atoms with Gasteiger partial charge in [0.1, 0.15) is 0 Å². The van der Waals surface area contributed by atoms with Gasteiger partial charge in [-0.3, -0.25) is 0 Å². The number of allylic oxidation sites excluding steroid dienone is 3. The van der Waals surface area contributed by atoms with Gasteiger partial charge in [0, 0.05) is 6.61 Å². The first-order valence-corrected chi connectivity index (χ1v) is 4.84. The Kier molecular flexibility index (Phi) is 9.95. The fourth-order valence-corrected chi connectivity index (χ4v) is 0.936. The van der Waals surface area contributed by atoms with E-state index in [-0.39, 0.29) is 6.61 Å². The van der Waals surface area contributed by atoms with Gasteiger partial charge in [-0.15, -0.1) is 0 Å². The smallest absolute Gasteiger partial charge is 0.0465 e. The summed E-state index contributed by atoms with van der Waals surface area (Å²) in [4.78, 5) is 0. The van der Waals surface area contributed by atoms with E-state index in [2.05, 4.69) is 19.1 Å². The van der Waals surface area contributed by atoms with E-state index in [1.807, 2.05) is 12.2 Å². The molecule has 0 aliphatic rings. The minimum Gasteiger partial charge on any atom is -0.396 e. The molecular weight excluding hydrogens is 148 g/mol. The van der Waals surface area contributed by atoms with E-state index in [0.717, 1.165) is 6.42 Å². The molecule has 0 rings (SSSR count). The van der Waals surface area contributed by atoms with Gasteiger partial charge in [0.2, 0.25) is 0 Å². The summed E-state index contributed by atoms with van der Waals surface area (Å²) in [6, 6.07) is 0. The highest BCUT2D eigenvalue weighted by Crippen LogP contribution is 1.99. The van der Waals surface area contributed by atoms with Crippen LogP contribution < -0.4 is 0 Å². The number of aliphatic hydroxyl groups excluding tert-OH is 1. The maximum absolute atomic E-state index is 8.46. The van der Waals surface area contributed by atoms with Gasteiger partial charge in [-0.2, -0.15) is 0 Å². The van der Waals surface area contributed by atoms with E-state index in [4.69, 9.17) is 5.11 Å². The second-order valence-electron chi connectivity index (χ2n) is 2.86. The Hall–Kier alpha value is -0.560. The zero-order chi connectivity index (χ0) is 9.07. The molecule has 0 amide bonds. The molecule has 0 aliphatic heterocycles. The molecule has 0 fully saturated rings. The first-order chi connectivity index (χ1) is 5.91. The Morgan fingerprint density at radius 3 is 2.25 bits per heavy atom. The Bertz CT molecular complexity index is 125. The van der Waals surface area contributed by atoms with Crippen LogP contribution in [0.15, 0.2) is 24.3 Å². The molecule has 12 heavy (non-hydrogen) atoms. The normalized spacial score (nSPS) is 11.8. The van der Waals surface area contributed by atoms with Crippen molar-refractivity contribution in [2.75, 3.05) is 6.61 Å². The van der Waals surface area contributed by atoms with Crippen LogP contribution >= 0.6 is 0 Å². The SMILES string of the molecule is CCCCCC=CC=CCCO. The lowest BCUT2D eigenvalue weighted by Crippen LogP contribution is -1.74. The third-order valence-corrected chi connectivity index (χ3v) is 1.65. The zero-order valence-electron chi connectivity index (χ0n) is 8.00. The van der Waals surface area contributed by atoms with Crippen molar-refractivity contribution in [2.45, 2.75) is 39.0 Å². The van der Waals surface area contributed by atoms with Crippen LogP contribution in [0.2, 0.25) is 0 Å². The summed E-state index contributed by atoms with van der Waals surface area (Å²) < 4.78 is 0. The average Bonchev–Trinajstić information content (AvgIpc) is 2.10. The van der Waals surface area contributed by atoms with Crippen LogP contribution in [-0.4, -0.2) is 11.7 Å². The number of aliphatic hydroxyl groups is 1. The molecule has 0 bridgehead atoms. The Balaban J connectivity index is 3.13. The molecule has 0 saturated heterocycles. The lowest BCUT2D eigenvalue weighted by Gasteiger charge is -1.89. The first-order valence-electron chi connectivity index (χ1n) is 4.84. The van der Waals surface area contributed by atoms with E-state index in [1.54, 1.807) is 0 Å². The summed E-state index contributed by atoms with van der Waals surface area (Å²) in [5.74, 6) is 0. The van der Waals surface area contributed by atoms with Crippen molar-refractivity contribution in [3.63, 3.8) is 0 Å². The molecule has 1 nitrogen and oxygen atoms in total. The Morgan fingerprint density at radius 1 is 1.00 bits per heavy atom. The van der Waals surface area contributed by atoms with Gasteiger partial charge in [-0.25, -0.2) is 0 Å². The van der Waals surface area contributed by atoms with E-state index >= 15 is 0 Å². The first kappa shape index (κ1) is 11.4. The van der Waals surface area contributed by atoms with Crippen molar-refractivity contribution in [1.29, 1.82) is 0 Å². The summed E-state index contributed by atoms with van der Waals surface area (Å²) in [6.45, 7) is 2.46. The molecule has 0 aromatic heterocycles. The average molecular weight is 168 g/mol. The molecule has 0 aromatic rings. The number of hydrogen-bond donors (Lipinski definition) is 1. The number of hydrogen-bond acceptors (Lipinski definition) is 1. The zero-order valence-corrected chi connectivity index (χ0v) is 8.00. The number of unbranched alkanes of at least 4 members (excludes halogenated alkanes) is 3. The van der Waals surface area contributed by atoms with Crippen molar-refractivity contribution in [3.05, 3.63) is 24.3 Å². The summed E-state index contributed by atoms with van der Waals surface area (Å²) in [6.07, 6.45) is 14.1. The predicted molar refractivity (Wildman–Crippen MR) is 54.1 cm³/mol. The maximum Gasteiger partial charge on any atom is 0.0465 e. The highest BCUT2D eigenvalue weighted by molar-refractivity contribution is 5.02. The quantitative estimate of drug-likeness (QED) is 0.457. The van der Waals surface area contributed by atoms with Crippen LogP contribution in [0.5, 0.6) is 0 Å². The van der Waals surface area contributed by atoms with Crippen molar-refractivity contribution in [2.24, 2.45) is 0 Å². The van der Waals surface area contributed by atoms with Crippen LogP contribution in [0.25, 0.3) is 0 Å². The fraction of sp³-hybridized carbons (Fsp3) is 0.636. The minimum absolute atomic E-state index is 0.250. The molecule has 0 unspecified atom stereocenters. The number of rotatable bonds is 7. The van der Waals surface area contributed by atoms with Gasteiger partial charge < -0.3 is 5.11 Å². The van der Waals surface area contributed by atoms with Crippen LogP contribution in [0.1, 0.15) is 39.0 Å². The standard InChI is InChI=1S/C11H20O/c1-2-3-4-5-6-7-8-9-10-11-12/h6-9,12H,2-5,10-11H2,1H3. The molecule has 0 aromatic carbocycles. The molecule has 0 spiro atoms. The molecule has 0 aliphatic carbocycles. The second-order valence-corrected chi connectivity index (χ2v) is 2.86. The lowest BCUT2D eigenvalue weighted by atomic mass is 10.2. The van der Waals surface area contributed by atoms with E-state index in [9.17, 15) is 0 Å². The molecular formula is C11H20O. The van der Waals surface area contributed by atoms with Gasteiger partial charge in [-0.05, 0) is 19.3 Å². The van der Waals surface area contributed by atoms with Gasteiger partial charge in [-0.1, -0.05) is 44.1 Å². The van der Waals surface area contributed by atoms with Gasteiger partial charge in [0.15, 0.2) is 0 Å². The molecule has 0 heterocycles. The van der Waals surface area contributed by atoms with Crippen LogP contribution in [0.4, 0.5) is 0 Å². The molecule has 1 heteroatoms. The van der Waals surface area contributed by atoms with Crippen LogP contribution in [0, 0.1) is 0 Å². The topological polar surface area (TPSA) is 20.2 Å². The van der Waals surface area contributed by atoms with Crippen LogP contribution in [0.3, 0.4) is 0 Å². The predicted octanol–water partition coefficient (Wildman–Crippen LogP) is 3.06. The maximum atomic E-state index is 8.46. The molecule has 70 valence electrons. The molecule has 1 N–H and O–H groups in total. The molecule has 0 radical (unpaired) electrons. The van der Waals surface area contributed by atoms with Gasteiger partial charge >= 0.3 is 0 Å². The van der Waals surface area contributed by atoms with Crippen molar-refractivity contribution in [3.8, 4) is 0 Å². The summed E-state index contributed by atoms with van der Waals surface area (Å²) >= 11 is 0. The molecule has 0 atom stereocenters. The highest BCUT2D eigenvalue weighted by Gasteiger charge is 1.79. The minimum atomic E-state index is 0.250. The van der Waals surface area contributed by atoms with Gasteiger partial charge in [0.25, 0.3) is 0 Å². The third-order valence-electron chi connectivity index (χ3n) is 1.65. The largest absolute Gasteiger partial charge is 0.396 e. The second kappa shape index (κ2) is 10.4. The van der Waals surface area contributed by atoms with Gasteiger partial charge in [0.05, 0.1) is 0 Å². The van der Waals surface area contributed by atoms with Crippen LogP contribution in [-0.2, 0) is 0 Å². The monoisotopic (exact) mass is 168 g/mol. The van der Waals surface area contributed by atoms with Crippen molar-refractivity contribution in [1.82, 2.24) is 0 Å². The summed E-state index contributed by atoms with van der Waals surface area (Å²) in [5.41, 5.74) is 0. The Labute approximate surface area is 75.8 Å². The lowest BCUT2D eigenvalue weighted by molar-refractivity contribution is 0.302. The van der Waals surface area contributed by atoms with Crippen molar-refractivity contribution >= 4 is 0 Å². The summed E-state index contributed by atoms with van der Waals surface area (Å²) in [7, 11) is 0. The third kappa shape index (κ3) is 9.44. The molecule has 0 saturated carbocycles. The van der Waals surface area contributed by atoms with E-state index < -0.39 is 0 Å². The van der Waals surface area contributed by atoms with E-state index in [1.165, 1.54) is 25.7 Å². The fourth-order valence-electron chi connectivity index (χ4n) is 0.936. The Morgan fingerprint density at radius 2 is 1.67 bits per heavy atom. The van der Waals surface area contributed by atoms with Crippen molar-refractivity contribution < 1.29 is 5.11 Å². The summed E-state index contributed by atoms with van der Waals surface area (Å²) in [5, 5.41) is 8.46. The highest BCUT2D eigenvalue weighted by atomic mass is 16.2. The van der Waals surface area contributed by atoms with E-state index in [0.29, 0.717) is 0 Å².